The molecular weight excluding hydrogens is 190 g/mol. The summed E-state index contributed by atoms with van der Waals surface area (Å²) < 4.78 is 7.40. The summed E-state index contributed by atoms with van der Waals surface area (Å²) in [6.45, 7) is 0.512. The van der Waals surface area contributed by atoms with Gasteiger partial charge in [-0.2, -0.15) is 0 Å². The number of imidazole rings is 1. The summed E-state index contributed by atoms with van der Waals surface area (Å²) >= 11 is 0. The summed E-state index contributed by atoms with van der Waals surface area (Å²) in [7, 11) is 1.88. The van der Waals surface area contributed by atoms with Crippen molar-refractivity contribution >= 4 is 0 Å². The van der Waals surface area contributed by atoms with E-state index in [2.05, 4.69) is 4.98 Å². The number of nitrogens with zero attached hydrogens (tertiary/aromatic N) is 2. The van der Waals surface area contributed by atoms with Gasteiger partial charge in [0.2, 0.25) is 0 Å². The largest absolute Gasteiger partial charge is 0.426 e. The van der Waals surface area contributed by atoms with Gasteiger partial charge < -0.3 is 15.0 Å². The van der Waals surface area contributed by atoms with Gasteiger partial charge in [0.15, 0.2) is 0 Å². The van der Waals surface area contributed by atoms with Gasteiger partial charge in [-0.15, -0.1) is 0 Å². The molecule has 0 aliphatic carbocycles. The van der Waals surface area contributed by atoms with Gasteiger partial charge in [-0.25, -0.2) is 4.98 Å². The van der Waals surface area contributed by atoms with Gasteiger partial charge in [0.25, 0.3) is 0 Å². The summed E-state index contributed by atoms with van der Waals surface area (Å²) in [6.07, 6.45) is 3.53. The Kier molecular flexibility index (Phi) is 2.69. The van der Waals surface area contributed by atoms with Gasteiger partial charge in [0.1, 0.15) is 5.75 Å². The van der Waals surface area contributed by atoms with Crippen molar-refractivity contribution in [2.24, 2.45) is 12.8 Å². The molecule has 0 atom stereocenters. The molecule has 0 saturated heterocycles. The van der Waals surface area contributed by atoms with E-state index in [0.717, 1.165) is 11.3 Å². The molecule has 0 amide bonds. The van der Waals surface area contributed by atoms with Crippen LogP contribution in [0.15, 0.2) is 36.7 Å². The molecule has 2 aromatic rings. The first kappa shape index (κ1) is 9.73. The SMILES string of the molecule is Cn1ccnc1Oc1cccc(CN)c1. The van der Waals surface area contributed by atoms with Crippen molar-refractivity contribution in [3.8, 4) is 11.8 Å². The zero-order valence-electron chi connectivity index (χ0n) is 8.55. The third-order valence-electron chi connectivity index (χ3n) is 2.12. The average Bonchev–Trinajstić information content (AvgIpc) is 2.65. The zero-order chi connectivity index (χ0) is 10.7. The monoisotopic (exact) mass is 203 g/mol. The van der Waals surface area contributed by atoms with Crippen LogP contribution in [0.2, 0.25) is 0 Å². The number of nitrogens with two attached hydrogens (primary N) is 1. The second-order valence-electron chi connectivity index (χ2n) is 3.27. The van der Waals surface area contributed by atoms with E-state index in [1.54, 1.807) is 6.20 Å². The number of hydrogen-bond acceptors (Lipinski definition) is 3. The number of aryl methyl sites for hydroxylation is 1. The maximum Gasteiger partial charge on any atom is 0.301 e. The Labute approximate surface area is 88.3 Å². The van der Waals surface area contributed by atoms with Crippen molar-refractivity contribution in [3.63, 3.8) is 0 Å². The third kappa shape index (κ3) is 2.16. The van der Waals surface area contributed by atoms with Gasteiger partial charge in [-0.3, -0.25) is 0 Å². The minimum Gasteiger partial charge on any atom is -0.426 e. The van der Waals surface area contributed by atoms with E-state index in [1.165, 1.54) is 0 Å². The minimum absolute atomic E-state index is 0.512. The summed E-state index contributed by atoms with van der Waals surface area (Å²) in [5, 5.41) is 0. The second-order valence-corrected chi connectivity index (χ2v) is 3.27. The highest BCUT2D eigenvalue weighted by Crippen LogP contribution is 2.19. The first-order chi connectivity index (χ1) is 7.29. The van der Waals surface area contributed by atoms with Crippen molar-refractivity contribution in [1.82, 2.24) is 9.55 Å². The summed E-state index contributed by atoms with van der Waals surface area (Å²) in [6, 6.07) is 8.25. The fraction of sp³-hybridized carbons (Fsp3) is 0.182. The van der Waals surface area contributed by atoms with Crippen LogP contribution in [0.1, 0.15) is 5.56 Å². The molecule has 15 heavy (non-hydrogen) atoms. The van der Waals surface area contributed by atoms with Crippen LogP contribution in [-0.2, 0) is 13.6 Å². The Balaban J connectivity index is 2.21. The molecule has 2 N–H and O–H groups in total. The Morgan fingerprint density at radius 1 is 1.47 bits per heavy atom. The molecule has 0 unspecified atom stereocenters. The fourth-order valence-electron chi connectivity index (χ4n) is 1.29. The number of benzene rings is 1. The molecule has 4 heteroatoms. The second kappa shape index (κ2) is 4.14. The van der Waals surface area contributed by atoms with Crippen LogP contribution >= 0.6 is 0 Å². The normalized spacial score (nSPS) is 10.3. The lowest BCUT2D eigenvalue weighted by Gasteiger charge is -2.05. The van der Waals surface area contributed by atoms with Crippen LogP contribution in [0.4, 0.5) is 0 Å². The minimum atomic E-state index is 0.512. The van der Waals surface area contributed by atoms with Gasteiger partial charge in [-0.05, 0) is 17.7 Å². The number of hydrogen-bond donors (Lipinski definition) is 1. The highest BCUT2D eigenvalue weighted by atomic mass is 16.5. The lowest BCUT2D eigenvalue weighted by molar-refractivity contribution is 0.424. The predicted molar refractivity (Wildman–Crippen MR) is 57.6 cm³/mol. The summed E-state index contributed by atoms with van der Waals surface area (Å²) in [5.41, 5.74) is 6.59. The summed E-state index contributed by atoms with van der Waals surface area (Å²) in [4.78, 5) is 4.08. The van der Waals surface area contributed by atoms with E-state index in [1.807, 2.05) is 42.1 Å². The zero-order valence-corrected chi connectivity index (χ0v) is 8.55. The number of rotatable bonds is 3. The van der Waals surface area contributed by atoms with Gasteiger partial charge in [0.05, 0.1) is 0 Å². The topological polar surface area (TPSA) is 53.1 Å². The van der Waals surface area contributed by atoms with Crippen LogP contribution in [-0.4, -0.2) is 9.55 Å². The standard InChI is InChI=1S/C11H13N3O/c1-14-6-5-13-11(14)15-10-4-2-3-9(7-10)8-12/h2-7H,8,12H2,1H3. The molecule has 0 radical (unpaired) electrons. The maximum atomic E-state index is 5.59. The van der Waals surface area contributed by atoms with E-state index in [9.17, 15) is 0 Å². The van der Waals surface area contributed by atoms with Crippen molar-refractivity contribution in [1.29, 1.82) is 0 Å². The molecule has 2 rings (SSSR count). The molecule has 0 bridgehead atoms. The molecule has 1 aromatic heterocycles. The highest BCUT2D eigenvalue weighted by Gasteiger charge is 2.02. The van der Waals surface area contributed by atoms with Gasteiger partial charge >= 0.3 is 6.01 Å². The highest BCUT2D eigenvalue weighted by molar-refractivity contribution is 5.30. The van der Waals surface area contributed by atoms with Crippen molar-refractivity contribution in [2.45, 2.75) is 6.54 Å². The molecule has 0 spiro atoms. The number of ether oxygens (including phenoxy) is 1. The van der Waals surface area contributed by atoms with Crippen molar-refractivity contribution in [2.75, 3.05) is 0 Å². The summed E-state index contributed by atoms with van der Waals surface area (Å²) in [5.74, 6) is 0.757. The van der Waals surface area contributed by atoms with E-state index >= 15 is 0 Å². The molecular formula is C11H13N3O. The molecule has 0 aliphatic rings. The third-order valence-corrected chi connectivity index (χ3v) is 2.12. The molecule has 78 valence electrons. The smallest absolute Gasteiger partial charge is 0.301 e. The molecule has 1 aromatic carbocycles. The average molecular weight is 203 g/mol. The molecule has 4 nitrogen and oxygen atoms in total. The van der Waals surface area contributed by atoms with Crippen molar-refractivity contribution in [3.05, 3.63) is 42.2 Å². The lowest BCUT2D eigenvalue weighted by Crippen LogP contribution is -1.97. The van der Waals surface area contributed by atoms with Crippen molar-refractivity contribution < 1.29 is 4.74 Å². The van der Waals surface area contributed by atoms with E-state index in [0.29, 0.717) is 12.6 Å². The molecule has 0 aliphatic heterocycles. The van der Waals surface area contributed by atoms with Crippen LogP contribution in [0, 0.1) is 0 Å². The maximum absolute atomic E-state index is 5.59. The van der Waals surface area contributed by atoms with Gasteiger partial charge in [-0.1, -0.05) is 12.1 Å². The first-order valence-corrected chi connectivity index (χ1v) is 4.74. The van der Waals surface area contributed by atoms with Crippen LogP contribution in [0.5, 0.6) is 11.8 Å². The van der Waals surface area contributed by atoms with Crippen LogP contribution in [0.3, 0.4) is 0 Å². The fourth-order valence-corrected chi connectivity index (χ4v) is 1.29. The Bertz CT molecular complexity index is 451. The quantitative estimate of drug-likeness (QED) is 0.825. The van der Waals surface area contributed by atoms with Gasteiger partial charge in [0, 0.05) is 26.0 Å². The Hall–Kier alpha value is -1.81. The van der Waals surface area contributed by atoms with Crippen LogP contribution in [0.25, 0.3) is 0 Å². The molecule has 0 fully saturated rings. The number of aromatic nitrogens is 2. The lowest BCUT2D eigenvalue weighted by atomic mass is 10.2. The van der Waals surface area contributed by atoms with Crippen LogP contribution < -0.4 is 10.5 Å². The molecule has 1 heterocycles. The molecule has 0 saturated carbocycles. The Morgan fingerprint density at radius 2 is 2.33 bits per heavy atom. The van der Waals surface area contributed by atoms with E-state index in [-0.39, 0.29) is 0 Å². The predicted octanol–water partition coefficient (Wildman–Crippen LogP) is 1.67. The Morgan fingerprint density at radius 3 is 3.00 bits per heavy atom. The first-order valence-electron chi connectivity index (χ1n) is 4.74. The van der Waals surface area contributed by atoms with E-state index < -0.39 is 0 Å². The van der Waals surface area contributed by atoms with E-state index in [4.69, 9.17) is 10.5 Å².